The third kappa shape index (κ3) is 4.90. The summed E-state index contributed by atoms with van der Waals surface area (Å²) in [4.78, 5) is 64.9. The summed E-state index contributed by atoms with van der Waals surface area (Å²) in [6.45, 7) is 1.60. The number of allylic oxidation sites excluding steroid dienone is 2. The van der Waals surface area contributed by atoms with Gasteiger partial charge in [-0.2, -0.15) is 5.01 Å². The molecule has 2 aromatic heterocycles. The molecule has 6 unspecified atom stereocenters. The van der Waals surface area contributed by atoms with Crippen molar-refractivity contribution in [2.45, 2.75) is 37.7 Å². The standard InChI is InChI=1S/C45H36N4O7/c1-25-11-15-28(16-12-25)47-49-42(52)34-23-33-31(39(37-22-19-30(24-50)55-37)45(34,44(49)54)27-7-3-2-4-8-27)20-21-32-38(33)43(53)48(41(32)51)29-17-13-26(14-18-29)40-46-35-9-5-6-10-36(35)56-40/h2-20,22,32-34,38-39,47,50H,21,23-24H2,1H3. The molecule has 2 N–H and O–H groups in total. The topological polar surface area (TPSA) is 146 Å². The number of para-hydroxylation sites is 2. The van der Waals surface area contributed by atoms with Crippen molar-refractivity contribution in [3.63, 3.8) is 0 Å². The van der Waals surface area contributed by atoms with Gasteiger partial charge in [0, 0.05) is 5.56 Å². The fourth-order valence-corrected chi connectivity index (χ4v) is 9.69. The van der Waals surface area contributed by atoms with Gasteiger partial charge in [0.1, 0.15) is 29.1 Å². The van der Waals surface area contributed by atoms with Gasteiger partial charge in [-0.1, -0.05) is 71.8 Å². The maximum Gasteiger partial charge on any atom is 0.260 e. The largest absolute Gasteiger partial charge is 0.463 e. The van der Waals surface area contributed by atoms with Crippen LogP contribution in [-0.2, 0) is 31.2 Å². The lowest BCUT2D eigenvalue weighted by Gasteiger charge is -2.49. The Morgan fingerprint density at radius 3 is 2.29 bits per heavy atom. The van der Waals surface area contributed by atoms with Gasteiger partial charge in [0.2, 0.25) is 17.7 Å². The monoisotopic (exact) mass is 744 g/mol. The number of carbonyl (C=O) groups is 4. The van der Waals surface area contributed by atoms with Gasteiger partial charge in [-0.05, 0) is 91.9 Å². The molecule has 0 bridgehead atoms. The van der Waals surface area contributed by atoms with Crippen molar-refractivity contribution < 1.29 is 33.1 Å². The van der Waals surface area contributed by atoms with Gasteiger partial charge in [-0.15, -0.1) is 0 Å². The van der Waals surface area contributed by atoms with Crippen LogP contribution in [-0.4, -0.2) is 38.7 Å². The van der Waals surface area contributed by atoms with Crippen molar-refractivity contribution in [1.82, 2.24) is 9.99 Å². The summed E-state index contributed by atoms with van der Waals surface area (Å²) in [6, 6.07) is 34.6. The van der Waals surface area contributed by atoms with Crippen LogP contribution in [0, 0.1) is 30.6 Å². The average molecular weight is 745 g/mol. The van der Waals surface area contributed by atoms with E-state index < -0.39 is 46.8 Å². The van der Waals surface area contributed by atoms with E-state index in [-0.39, 0.29) is 31.3 Å². The molecule has 11 heteroatoms. The second-order valence-electron chi connectivity index (χ2n) is 15.1. The van der Waals surface area contributed by atoms with Crippen LogP contribution in [0.3, 0.4) is 0 Å². The highest BCUT2D eigenvalue weighted by atomic mass is 16.4. The number of aromatic nitrogens is 1. The number of imide groups is 2. The van der Waals surface area contributed by atoms with Crippen LogP contribution in [0.2, 0.25) is 0 Å². The number of hydrogen-bond donors (Lipinski definition) is 2. The van der Waals surface area contributed by atoms with Crippen LogP contribution < -0.4 is 10.3 Å². The molecule has 10 rings (SSSR count). The van der Waals surface area contributed by atoms with Crippen LogP contribution in [0.1, 0.15) is 41.4 Å². The van der Waals surface area contributed by atoms with Crippen molar-refractivity contribution in [3.05, 3.63) is 150 Å². The Morgan fingerprint density at radius 2 is 1.55 bits per heavy atom. The number of benzene rings is 4. The maximum absolute atomic E-state index is 15.2. The molecular formula is C45H36N4O7. The van der Waals surface area contributed by atoms with Gasteiger partial charge in [0.05, 0.1) is 35.0 Å². The molecule has 11 nitrogen and oxygen atoms in total. The Kier molecular flexibility index (Phi) is 7.72. The third-order valence-electron chi connectivity index (χ3n) is 12.2. The molecule has 56 heavy (non-hydrogen) atoms. The number of furan rings is 1. The Morgan fingerprint density at radius 1 is 0.804 bits per heavy atom. The number of aryl methyl sites for hydroxylation is 1. The third-order valence-corrected chi connectivity index (χ3v) is 12.2. The molecule has 4 aromatic carbocycles. The number of rotatable bonds is 7. The molecule has 4 aliphatic rings. The van der Waals surface area contributed by atoms with E-state index in [9.17, 15) is 19.5 Å². The number of oxazole rings is 1. The van der Waals surface area contributed by atoms with E-state index in [1.807, 2.05) is 91.9 Å². The average Bonchev–Trinajstić information content (AvgIpc) is 3.99. The first kappa shape index (κ1) is 33.9. The minimum Gasteiger partial charge on any atom is -0.463 e. The number of hydrogen-bond acceptors (Lipinski definition) is 9. The number of fused-ring (bicyclic) bond motifs is 5. The van der Waals surface area contributed by atoms with Crippen LogP contribution in [0.15, 0.2) is 136 Å². The molecule has 1 saturated carbocycles. The smallest absolute Gasteiger partial charge is 0.260 e. The normalized spacial score (nSPS) is 25.7. The minimum atomic E-state index is -1.46. The fourth-order valence-electron chi connectivity index (χ4n) is 9.69. The summed E-state index contributed by atoms with van der Waals surface area (Å²) in [6.07, 6.45) is 2.41. The molecule has 4 heterocycles. The summed E-state index contributed by atoms with van der Waals surface area (Å²) >= 11 is 0. The zero-order chi connectivity index (χ0) is 38.3. The zero-order valence-electron chi connectivity index (χ0n) is 30.3. The predicted molar refractivity (Wildman–Crippen MR) is 205 cm³/mol. The minimum absolute atomic E-state index is 0.159. The SMILES string of the molecule is Cc1ccc(NN2C(=O)C3CC4C(=CCC5C(=O)N(c6ccc(-c7nc8ccccc8o7)cc6)C(=O)C54)C(c4ccc(CO)o4)C3(c3ccccc3)C2=O)cc1. The first-order valence-corrected chi connectivity index (χ1v) is 18.8. The van der Waals surface area contributed by atoms with Crippen molar-refractivity contribution >= 4 is 46.1 Å². The van der Waals surface area contributed by atoms with E-state index in [0.29, 0.717) is 45.5 Å². The van der Waals surface area contributed by atoms with Crippen molar-refractivity contribution in [1.29, 1.82) is 0 Å². The molecule has 6 atom stereocenters. The molecular weight excluding hydrogens is 709 g/mol. The summed E-state index contributed by atoms with van der Waals surface area (Å²) in [7, 11) is 0. The Labute approximate surface area is 321 Å². The number of carbonyl (C=O) groups excluding carboxylic acids is 4. The molecule has 0 radical (unpaired) electrons. The van der Waals surface area contributed by atoms with Gasteiger partial charge in [0.15, 0.2) is 5.58 Å². The number of anilines is 2. The highest BCUT2D eigenvalue weighted by molar-refractivity contribution is 6.22. The lowest BCUT2D eigenvalue weighted by Crippen LogP contribution is -2.53. The van der Waals surface area contributed by atoms with Crippen LogP contribution in [0.25, 0.3) is 22.6 Å². The summed E-state index contributed by atoms with van der Waals surface area (Å²) in [5.74, 6) is -4.11. The number of amides is 4. The first-order valence-electron chi connectivity index (χ1n) is 18.8. The Hall–Kier alpha value is -6.59. The van der Waals surface area contributed by atoms with E-state index in [0.717, 1.165) is 21.7 Å². The van der Waals surface area contributed by atoms with Crippen LogP contribution in [0.5, 0.6) is 0 Å². The number of nitrogens with zero attached hydrogens (tertiary/aromatic N) is 3. The summed E-state index contributed by atoms with van der Waals surface area (Å²) < 4.78 is 12.2. The van der Waals surface area contributed by atoms with Gasteiger partial charge >= 0.3 is 0 Å². The van der Waals surface area contributed by atoms with E-state index in [1.54, 1.807) is 36.4 Å². The van der Waals surface area contributed by atoms with Crippen molar-refractivity contribution in [2.24, 2.45) is 23.7 Å². The molecule has 0 spiro atoms. The van der Waals surface area contributed by atoms with E-state index in [2.05, 4.69) is 10.4 Å². The zero-order valence-corrected chi connectivity index (χ0v) is 30.3. The quantitative estimate of drug-likeness (QED) is 0.129. The molecule has 2 aliphatic heterocycles. The predicted octanol–water partition coefficient (Wildman–Crippen LogP) is 7.08. The number of aliphatic hydroxyl groups excluding tert-OH is 1. The highest BCUT2D eigenvalue weighted by Crippen LogP contribution is 2.64. The molecule has 4 amide bonds. The maximum atomic E-state index is 15.2. The lowest BCUT2D eigenvalue weighted by molar-refractivity contribution is -0.138. The number of nitrogens with one attached hydrogen (secondary N) is 1. The van der Waals surface area contributed by atoms with Gasteiger partial charge in [0.25, 0.3) is 11.8 Å². The van der Waals surface area contributed by atoms with Crippen LogP contribution in [0.4, 0.5) is 11.4 Å². The first-order chi connectivity index (χ1) is 27.3. The second-order valence-corrected chi connectivity index (χ2v) is 15.1. The summed E-state index contributed by atoms with van der Waals surface area (Å²) in [5.41, 5.74) is 7.18. The lowest BCUT2D eigenvalue weighted by atomic mass is 9.50. The molecule has 278 valence electrons. The second kappa shape index (κ2) is 12.7. The summed E-state index contributed by atoms with van der Waals surface area (Å²) in [5, 5.41) is 11.2. The number of aliphatic hydroxyl groups is 1. The van der Waals surface area contributed by atoms with Gasteiger partial charge in [-0.3, -0.25) is 29.5 Å². The molecule has 2 saturated heterocycles. The van der Waals surface area contributed by atoms with Crippen molar-refractivity contribution in [2.75, 3.05) is 10.3 Å². The molecule has 2 aliphatic carbocycles. The van der Waals surface area contributed by atoms with E-state index in [1.165, 1.54) is 4.90 Å². The molecule has 6 aromatic rings. The Balaban J connectivity index is 1.06. The highest BCUT2D eigenvalue weighted by Gasteiger charge is 2.71. The van der Waals surface area contributed by atoms with Gasteiger partial charge in [-0.25, -0.2) is 4.98 Å². The van der Waals surface area contributed by atoms with Gasteiger partial charge < -0.3 is 13.9 Å². The van der Waals surface area contributed by atoms with E-state index in [4.69, 9.17) is 8.83 Å². The van der Waals surface area contributed by atoms with Crippen LogP contribution >= 0.6 is 0 Å². The fraction of sp³-hybridized carbons (Fsp3) is 0.222. The number of hydrazine groups is 1. The molecule has 3 fully saturated rings. The van der Waals surface area contributed by atoms with Crippen molar-refractivity contribution in [3.8, 4) is 11.5 Å². The Bertz CT molecular complexity index is 2560. The van der Waals surface area contributed by atoms with E-state index >= 15 is 4.79 Å².